The summed E-state index contributed by atoms with van der Waals surface area (Å²) in [7, 11) is 0. The number of nitrogens with zero attached hydrogens (tertiary/aromatic N) is 1. The van der Waals surface area contributed by atoms with Crippen molar-refractivity contribution < 1.29 is 50.1 Å². The molecule has 178 valence electrons. The summed E-state index contributed by atoms with van der Waals surface area (Å²) >= 11 is 0. The van der Waals surface area contributed by atoms with Gasteiger partial charge in [0.2, 0.25) is 5.88 Å². The van der Waals surface area contributed by atoms with Crippen molar-refractivity contribution in [2.75, 3.05) is 6.54 Å². The van der Waals surface area contributed by atoms with Gasteiger partial charge in [-0.1, -0.05) is 23.3 Å². The molecule has 1 aromatic carbocycles. The van der Waals surface area contributed by atoms with Gasteiger partial charge in [-0.3, -0.25) is 0 Å². The minimum atomic E-state index is -5.61. The van der Waals surface area contributed by atoms with Crippen molar-refractivity contribution in [3.63, 3.8) is 0 Å². The van der Waals surface area contributed by atoms with E-state index in [0.29, 0.717) is 5.56 Å². The lowest BCUT2D eigenvalue weighted by Crippen LogP contribution is -2.55. The van der Waals surface area contributed by atoms with E-state index in [1.807, 2.05) is 19.9 Å². The number of rotatable bonds is 3. The van der Waals surface area contributed by atoms with Crippen LogP contribution in [0.5, 0.6) is 5.88 Å². The highest BCUT2D eigenvalue weighted by atomic mass is 19.4. The third-order valence-electron chi connectivity index (χ3n) is 4.32. The van der Waals surface area contributed by atoms with Crippen molar-refractivity contribution in [2.24, 2.45) is 0 Å². The SMILES string of the molecule is Cc1cc(C)cc(-c2ccc3c(n2)OC(OC(=O)C(F)(F)F)(OC(=O)C(F)(F)F)CNC3)c1. The van der Waals surface area contributed by atoms with E-state index in [0.717, 1.165) is 11.1 Å². The van der Waals surface area contributed by atoms with Gasteiger partial charge >= 0.3 is 30.3 Å². The zero-order chi connectivity index (χ0) is 24.6. The summed E-state index contributed by atoms with van der Waals surface area (Å²) in [6.45, 7) is 2.45. The molecule has 1 aromatic heterocycles. The average Bonchev–Trinajstić information content (AvgIpc) is 2.84. The molecular weight excluding hydrogens is 462 g/mol. The maximum atomic E-state index is 12.8. The standard InChI is InChI=1S/C20H16F6N2O5/c1-10-5-11(2)7-13(6-10)14-4-3-12-8-27-9-18(31-15(12)28-14,32-16(29)19(21,22)23)33-17(30)20(24,25)26/h3-7,27H,8-9H2,1-2H3. The van der Waals surface area contributed by atoms with Crippen molar-refractivity contribution in [1.29, 1.82) is 0 Å². The van der Waals surface area contributed by atoms with Gasteiger partial charge in [-0.15, -0.1) is 0 Å². The number of esters is 2. The van der Waals surface area contributed by atoms with Crippen LogP contribution in [0.3, 0.4) is 0 Å². The van der Waals surface area contributed by atoms with E-state index in [1.165, 1.54) is 6.07 Å². The number of carbonyl (C=O) groups excluding carboxylic acids is 2. The molecular formula is C20H16F6N2O5. The Morgan fingerprint density at radius 1 is 0.970 bits per heavy atom. The van der Waals surface area contributed by atoms with Crippen LogP contribution in [-0.2, 0) is 25.6 Å². The molecule has 1 aliphatic heterocycles. The number of aromatic nitrogens is 1. The lowest BCUT2D eigenvalue weighted by atomic mass is 10.0. The summed E-state index contributed by atoms with van der Waals surface area (Å²) in [5.41, 5.74) is 2.80. The average molecular weight is 478 g/mol. The molecule has 0 aliphatic carbocycles. The molecule has 1 N–H and O–H groups in total. The number of halogens is 6. The Hall–Kier alpha value is -3.35. The third-order valence-corrected chi connectivity index (χ3v) is 4.32. The Bertz CT molecular complexity index is 1040. The third kappa shape index (κ3) is 5.72. The maximum Gasteiger partial charge on any atom is 0.491 e. The Kier molecular flexibility index (Phi) is 6.29. The number of hydrogen-bond donors (Lipinski definition) is 1. The number of fused-ring (bicyclic) bond motifs is 1. The van der Waals surface area contributed by atoms with Crippen LogP contribution in [0.2, 0.25) is 0 Å². The van der Waals surface area contributed by atoms with Crippen LogP contribution < -0.4 is 10.1 Å². The summed E-state index contributed by atoms with van der Waals surface area (Å²) in [4.78, 5) is 27.0. The van der Waals surface area contributed by atoms with Crippen molar-refractivity contribution in [3.05, 3.63) is 47.0 Å². The van der Waals surface area contributed by atoms with Gasteiger partial charge in [0.1, 0.15) is 6.54 Å². The van der Waals surface area contributed by atoms with Gasteiger partial charge in [0, 0.05) is 17.7 Å². The van der Waals surface area contributed by atoms with Crippen molar-refractivity contribution in [3.8, 4) is 17.1 Å². The van der Waals surface area contributed by atoms with E-state index >= 15 is 0 Å². The molecule has 0 bridgehead atoms. The van der Waals surface area contributed by atoms with Crippen LogP contribution in [0, 0.1) is 13.8 Å². The van der Waals surface area contributed by atoms with Gasteiger partial charge in [0.15, 0.2) is 0 Å². The normalized spacial score (nSPS) is 15.6. The molecule has 0 saturated carbocycles. The van der Waals surface area contributed by atoms with Crippen molar-refractivity contribution in [1.82, 2.24) is 10.3 Å². The predicted molar refractivity (Wildman–Crippen MR) is 98.5 cm³/mol. The monoisotopic (exact) mass is 478 g/mol. The quantitative estimate of drug-likeness (QED) is 0.409. The van der Waals surface area contributed by atoms with E-state index in [-0.39, 0.29) is 17.8 Å². The first-order chi connectivity index (χ1) is 15.2. The van der Waals surface area contributed by atoms with Crippen molar-refractivity contribution in [2.45, 2.75) is 38.7 Å². The summed E-state index contributed by atoms with van der Waals surface area (Å²) in [5, 5.41) is 2.43. The molecule has 0 unspecified atom stereocenters. The molecule has 0 saturated heterocycles. The Balaban J connectivity index is 2.05. The number of hydrogen-bond acceptors (Lipinski definition) is 7. The number of alkyl halides is 6. The summed E-state index contributed by atoms with van der Waals surface area (Å²) in [5.74, 6) is -9.75. The second-order valence-electron chi connectivity index (χ2n) is 7.20. The number of nitrogens with one attached hydrogen (secondary N) is 1. The van der Waals surface area contributed by atoms with Gasteiger partial charge in [-0.2, -0.15) is 26.3 Å². The highest BCUT2D eigenvalue weighted by Gasteiger charge is 2.55. The van der Waals surface area contributed by atoms with E-state index in [2.05, 4.69) is 19.8 Å². The number of pyridine rings is 1. The molecule has 2 aromatic rings. The van der Waals surface area contributed by atoms with Crippen LogP contribution in [0.15, 0.2) is 30.3 Å². The maximum absolute atomic E-state index is 12.8. The zero-order valence-corrected chi connectivity index (χ0v) is 17.1. The van der Waals surface area contributed by atoms with Crippen LogP contribution >= 0.6 is 0 Å². The molecule has 7 nitrogen and oxygen atoms in total. The fourth-order valence-corrected chi connectivity index (χ4v) is 3.04. The number of aryl methyl sites for hydroxylation is 2. The minimum Gasteiger partial charge on any atom is -0.401 e. The Morgan fingerprint density at radius 3 is 2.03 bits per heavy atom. The summed E-state index contributed by atoms with van der Waals surface area (Å²) < 4.78 is 90.0. The fraction of sp³-hybridized carbons (Fsp3) is 0.350. The van der Waals surface area contributed by atoms with E-state index in [4.69, 9.17) is 4.74 Å². The van der Waals surface area contributed by atoms with Crippen LogP contribution in [0.25, 0.3) is 11.3 Å². The molecule has 0 radical (unpaired) electrons. The van der Waals surface area contributed by atoms with Crippen LogP contribution in [0.4, 0.5) is 26.3 Å². The topological polar surface area (TPSA) is 86.8 Å². The lowest BCUT2D eigenvalue weighted by molar-refractivity contribution is -0.331. The summed E-state index contributed by atoms with van der Waals surface area (Å²) in [6.07, 6.45) is -11.2. The number of benzene rings is 1. The van der Waals surface area contributed by atoms with Gasteiger partial charge < -0.3 is 19.5 Å². The Labute approximate surface area is 182 Å². The van der Waals surface area contributed by atoms with Gasteiger partial charge in [0.05, 0.1) is 5.69 Å². The van der Waals surface area contributed by atoms with E-state index < -0.39 is 42.7 Å². The number of carbonyl (C=O) groups is 2. The molecule has 33 heavy (non-hydrogen) atoms. The lowest BCUT2D eigenvalue weighted by Gasteiger charge is -2.31. The molecule has 0 atom stereocenters. The molecule has 1 aliphatic rings. The second-order valence-corrected chi connectivity index (χ2v) is 7.20. The second kappa shape index (κ2) is 8.54. The van der Waals surface area contributed by atoms with E-state index in [1.54, 1.807) is 18.2 Å². The molecule has 2 heterocycles. The largest absolute Gasteiger partial charge is 0.491 e. The molecule has 3 rings (SSSR count). The molecule has 0 fully saturated rings. The first kappa shape index (κ1) is 24.3. The highest BCUT2D eigenvalue weighted by Crippen LogP contribution is 2.33. The zero-order valence-electron chi connectivity index (χ0n) is 17.1. The van der Waals surface area contributed by atoms with Crippen LogP contribution in [0.1, 0.15) is 16.7 Å². The number of ether oxygens (including phenoxy) is 3. The smallest absolute Gasteiger partial charge is 0.401 e. The van der Waals surface area contributed by atoms with Gasteiger partial charge in [-0.05, 0) is 32.0 Å². The van der Waals surface area contributed by atoms with Crippen molar-refractivity contribution >= 4 is 11.9 Å². The Morgan fingerprint density at radius 2 is 1.52 bits per heavy atom. The molecule has 0 spiro atoms. The fourth-order valence-electron chi connectivity index (χ4n) is 3.04. The van der Waals surface area contributed by atoms with Gasteiger partial charge in [-0.25, -0.2) is 14.6 Å². The first-order valence-electron chi connectivity index (χ1n) is 9.27. The predicted octanol–water partition coefficient (Wildman–Crippen LogP) is 3.71. The summed E-state index contributed by atoms with van der Waals surface area (Å²) in [6, 6.07) is 8.41. The van der Waals surface area contributed by atoms with E-state index in [9.17, 15) is 35.9 Å². The highest BCUT2D eigenvalue weighted by molar-refractivity contribution is 5.78. The first-order valence-corrected chi connectivity index (χ1v) is 9.27. The minimum absolute atomic E-state index is 0.148. The van der Waals surface area contributed by atoms with Crippen LogP contribution in [-0.4, -0.2) is 41.8 Å². The molecule has 13 heteroatoms. The molecule has 0 amide bonds. The van der Waals surface area contributed by atoms with Gasteiger partial charge in [0.25, 0.3) is 0 Å².